The van der Waals surface area contributed by atoms with Crippen LogP contribution in [0.25, 0.3) is 0 Å². The minimum Gasteiger partial charge on any atom is -0.457 e. The highest BCUT2D eigenvalue weighted by Gasteiger charge is 2.53. The van der Waals surface area contributed by atoms with E-state index in [1.54, 1.807) is 0 Å². The van der Waals surface area contributed by atoms with Gasteiger partial charge in [-0.05, 0) is 50.4 Å². The molecule has 0 aromatic heterocycles. The molecule has 1 fully saturated rings. The quantitative estimate of drug-likeness (QED) is 0.714. The maximum absolute atomic E-state index is 12.7. The van der Waals surface area contributed by atoms with E-state index >= 15 is 0 Å². The van der Waals surface area contributed by atoms with Crippen LogP contribution in [0, 0.1) is 16.2 Å². The molecular weight excluding hydrogens is 292 g/mol. The second-order valence-electron chi connectivity index (χ2n) is 9.33. The lowest BCUT2D eigenvalue weighted by Crippen LogP contribution is -2.51. The molecule has 0 heterocycles. The molecule has 0 radical (unpaired) electrons. The lowest BCUT2D eigenvalue weighted by molar-refractivity contribution is -0.182. The molecule has 0 atom stereocenters. The molecule has 0 saturated heterocycles. The molecule has 0 aromatic rings. The predicted molar refractivity (Wildman–Crippen MR) is 90.9 cm³/mol. The second-order valence-corrected chi connectivity index (χ2v) is 9.33. The van der Waals surface area contributed by atoms with E-state index in [9.17, 15) is 9.59 Å². The van der Waals surface area contributed by atoms with E-state index in [4.69, 9.17) is 9.47 Å². The van der Waals surface area contributed by atoms with Crippen molar-refractivity contribution in [1.82, 2.24) is 0 Å². The van der Waals surface area contributed by atoms with Crippen LogP contribution in [-0.4, -0.2) is 24.1 Å². The summed E-state index contributed by atoms with van der Waals surface area (Å²) in [4.78, 5) is 24.8. The van der Waals surface area contributed by atoms with Gasteiger partial charge in [0.25, 0.3) is 0 Å². The van der Waals surface area contributed by atoms with Crippen molar-refractivity contribution in [2.24, 2.45) is 16.2 Å². The second kappa shape index (κ2) is 6.45. The summed E-state index contributed by atoms with van der Waals surface area (Å²) in [5.74, 6) is -0.793. The molecule has 4 nitrogen and oxygen atoms in total. The highest BCUT2D eigenvalue weighted by Crippen LogP contribution is 2.52. The molecule has 0 unspecified atom stereocenters. The summed E-state index contributed by atoms with van der Waals surface area (Å²) in [6.45, 7) is 15.7. The van der Waals surface area contributed by atoms with Gasteiger partial charge < -0.3 is 9.47 Å². The Hall–Kier alpha value is -1.06. The monoisotopic (exact) mass is 326 g/mol. The lowest BCUT2D eigenvalue weighted by Gasteiger charge is -2.48. The van der Waals surface area contributed by atoms with Crippen LogP contribution in [0.15, 0.2) is 0 Å². The smallest absolute Gasteiger partial charge is 0.344 e. The Labute approximate surface area is 141 Å². The van der Waals surface area contributed by atoms with E-state index in [2.05, 4.69) is 0 Å². The van der Waals surface area contributed by atoms with Crippen molar-refractivity contribution in [1.29, 1.82) is 0 Å². The van der Waals surface area contributed by atoms with Gasteiger partial charge in [0.2, 0.25) is 0 Å². The predicted octanol–water partition coefficient (Wildman–Crippen LogP) is 4.50. The summed E-state index contributed by atoms with van der Waals surface area (Å²) in [7, 11) is 0. The van der Waals surface area contributed by atoms with Crippen molar-refractivity contribution < 1.29 is 19.1 Å². The number of ether oxygens (including phenoxy) is 2. The fourth-order valence-electron chi connectivity index (χ4n) is 3.54. The van der Waals surface area contributed by atoms with Crippen LogP contribution in [0.5, 0.6) is 0 Å². The molecule has 0 aromatic carbocycles. The van der Waals surface area contributed by atoms with E-state index in [-0.39, 0.29) is 29.0 Å². The molecule has 0 N–H and O–H groups in total. The van der Waals surface area contributed by atoms with Crippen molar-refractivity contribution in [3.8, 4) is 0 Å². The summed E-state index contributed by atoms with van der Waals surface area (Å²) in [5, 5.41) is 0. The summed E-state index contributed by atoms with van der Waals surface area (Å²) in [5.41, 5.74) is -1.67. The number of hydrogen-bond acceptors (Lipinski definition) is 4. The molecule has 0 aliphatic heterocycles. The molecule has 4 heteroatoms. The van der Waals surface area contributed by atoms with E-state index < -0.39 is 11.4 Å². The Morgan fingerprint density at radius 3 is 1.74 bits per heavy atom. The van der Waals surface area contributed by atoms with Crippen molar-refractivity contribution in [3.63, 3.8) is 0 Å². The molecule has 134 valence electrons. The average Bonchev–Trinajstić information content (AvgIpc) is 2.78. The van der Waals surface area contributed by atoms with Gasteiger partial charge in [-0.15, -0.1) is 0 Å². The molecule has 1 aliphatic rings. The summed E-state index contributed by atoms with van der Waals surface area (Å²) in [6, 6.07) is 0. The van der Waals surface area contributed by atoms with Crippen LogP contribution in [-0.2, 0) is 19.1 Å². The lowest BCUT2D eigenvalue weighted by atomic mass is 9.55. The number of rotatable bonds is 4. The molecule has 0 spiro atoms. The van der Waals surface area contributed by atoms with Crippen LogP contribution < -0.4 is 0 Å². The van der Waals surface area contributed by atoms with Gasteiger partial charge in [-0.25, -0.2) is 4.79 Å². The zero-order chi connectivity index (χ0) is 18.1. The fraction of sp³-hybridized carbons (Fsp3) is 0.895. The van der Waals surface area contributed by atoms with Crippen LogP contribution in [0.3, 0.4) is 0 Å². The number of esters is 2. The standard InChI is InChI=1S/C19H34O4/c1-16(2,3)19(8,17(4,5)6)15(21)22-13-14(20)23-18(7)11-9-10-12-18/h9-13H2,1-8H3. The van der Waals surface area contributed by atoms with Crippen molar-refractivity contribution >= 4 is 11.9 Å². The van der Waals surface area contributed by atoms with Gasteiger partial charge in [-0.2, -0.15) is 0 Å². The highest BCUT2D eigenvalue weighted by atomic mass is 16.6. The first-order chi connectivity index (χ1) is 10.2. The first kappa shape index (κ1) is 20.0. The molecule has 1 saturated carbocycles. The van der Waals surface area contributed by atoms with Crippen LogP contribution in [0.4, 0.5) is 0 Å². The van der Waals surface area contributed by atoms with Gasteiger partial charge in [-0.1, -0.05) is 41.5 Å². The first-order valence-electron chi connectivity index (χ1n) is 8.62. The Balaban J connectivity index is 2.72. The van der Waals surface area contributed by atoms with Crippen molar-refractivity contribution in [2.75, 3.05) is 6.61 Å². The molecule has 0 amide bonds. The molecule has 23 heavy (non-hydrogen) atoms. The first-order valence-corrected chi connectivity index (χ1v) is 8.62. The Morgan fingerprint density at radius 1 is 0.913 bits per heavy atom. The third-order valence-electron chi connectivity index (χ3n) is 5.75. The molecule has 1 aliphatic carbocycles. The Kier molecular flexibility index (Phi) is 5.60. The van der Waals surface area contributed by atoms with Crippen LogP contribution in [0.2, 0.25) is 0 Å². The van der Waals surface area contributed by atoms with Gasteiger partial charge >= 0.3 is 11.9 Å². The van der Waals surface area contributed by atoms with Crippen LogP contribution >= 0.6 is 0 Å². The van der Waals surface area contributed by atoms with Gasteiger partial charge in [-0.3, -0.25) is 4.79 Å². The number of hydrogen-bond donors (Lipinski definition) is 0. The normalized spacial score (nSPS) is 18.6. The fourth-order valence-corrected chi connectivity index (χ4v) is 3.54. The van der Waals surface area contributed by atoms with E-state index in [0.29, 0.717) is 0 Å². The van der Waals surface area contributed by atoms with Gasteiger partial charge in [0.15, 0.2) is 6.61 Å². The van der Waals surface area contributed by atoms with Crippen molar-refractivity contribution in [3.05, 3.63) is 0 Å². The van der Waals surface area contributed by atoms with E-state index in [1.165, 1.54) is 0 Å². The van der Waals surface area contributed by atoms with Crippen LogP contribution in [0.1, 0.15) is 81.1 Å². The van der Waals surface area contributed by atoms with Crippen molar-refractivity contribution in [2.45, 2.75) is 86.7 Å². The average molecular weight is 326 g/mol. The molecule has 1 rings (SSSR count). The third kappa shape index (κ3) is 4.27. The maximum atomic E-state index is 12.7. The SMILES string of the molecule is CC1(OC(=O)COC(=O)C(C)(C(C)(C)C)C(C)(C)C)CCCC1. The zero-order valence-electron chi connectivity index (χ0n) is 16.2. The minimum absolute atomic E-state index is 0.288. The Morgan fingerprint density at radius 2 is 1.35 bits per heavy atom. The minimum atomic E-state index is -0.711. The van der Waals surface area contributed by atoms with Gasteiger partial charge in [0.05, 0.1) is 5.41 Å². The van der Waals surface area contributed by atoms with Gasteiger partial charge in [0, 0.05) is 0 Å². The topological polar surface area (TPSA) is 52.6 Å². The number of carbonyl (C=O) groups excluding carboxylic acids is 2. The maximum Gasteiger partial charge on any atom is 0.344 e. The summed E-state index contributed by atoms with van der Waals surface area (Å²) >= 11 is 0. The largest absolute Gasteiger partial charge is 0.457 e. The summed E-state index contributed by atoms with van der Waals surface area (Å²) in [6.07, 6.45) is 3.92. The molecule has 0 bridgehead atoms. The Bertz CT molecular complexity index is 431. The highest BCUT2D eigenvalue weighted by molar-refractivity contribution is 5.81. The van der Waals surface area contributed by atoms with E-state index in [1.807, 2.05) is 55.4 Å². The van der Waals surface area contributed by atoms with E-state index in [0.717, 1.165) is 25.7 Å². The summed E-state index contributed by atoms with van der Waals surface area (Å²) < 4.78 is 10.9. The number of carbonyl (C=O) groups is 2. The third-order valence-corrected chi connectivity index (χ3v) is 5.75. The van der Waals surface area contributed by atoms with Gasteiger partial charge in [0.1, 0.15) is 5.60 Å². The molecular formula is C19H34O4. The zero-order valence-corrected chi connectivity index (χ0v) is 16.2.